The van der Waals surface area contributed by atoms with Gasteiger partial charge in [0.15, 0.2) is 5.76 Å². The Balaban J connectivity index is 1.61. The highest BCUT2D eigenvalue weighted by molar-refractivity contribution is 5.46. The number of hydrogen-bond donors (Lipinski definition) is 1. The number of nitrogens with one attached hydrogen (secondary N) is 1. The van der Waals surface area contributed by atoms with E-state index in [-0.39, 0.29) is 5.82 Å². The van der Waals surface area contributed by atoms with Crippen molar-refractivity contribution in [3.05, 3.63) is 47.6 Å². The first-order chi connectivity index (χ1) is 10.2. The van der Waals surface area contributed by atoms with Gasteiger partial charge in [-0.25, -0.2) is 4.39 Å². The van der Waals surface area contributed by atoms with E-state index < -0.39 is 0 Å². The van der Waals surface area contributed by atoms with Crippen molar-refractivity contribution in [2.24, 2.45) is 0 Å². The fourth-order valence-corrected chi connectivity index (χ4v) is 2.28. The molecule has 1 aromatic carbocycles. The van der Waals surface area contributed by atoms with E-state index in [4.69, 9.17) is 4.52 Å². The minimum Gasteiger partial charge on any atom is -0.364 e. The summed E-state index contributed by atoms with van der Waals surface area (Å²) in [5.74, 6) is 0.608. The summed E-state index contributed by atoms with van der Waals surface area (Å²) >= 11 is 0. The summed E-state index contributed by atoms with van der Waals surface area (Å²) in [6, 6.07) is 9.17. The monoisotopic (exact) mass is 289 g/mol. The molecule has 4 nitrogen and oxygen atoms in total. The number of rotatable bonds is 7. The molecular weight excluding hydrogens is 269 g/mol. The first-order valence-corrected chi connectivity index (χ1v) is 7.43. The van der Waals surface area contributed by atoms with Gasteiger partial charge in [0.05, 0.1) is 12.2 Å². The molecule has 0 radical (unpaired) electrons. The third-order valence-electron chi connectivity index (χ3n) is 3.68. The van der Waals surface area contributed by atoms with E-state index in [0.29, 0.717) is 12.6 Å². The quantitative estimate of drug-likeness (QED) is 0.850. The van der Waals surface area contributed by atoms with Crippen LogP contribution in [0.15, 0.2) is 34.9 Å². The molecule has 0 bridgehead atoms. The van der Waals surface area contributed by atoms with E-state index in [9.17, 15) is 4.39 Å². The van der Waals surface area contributed by atoms with E-state index in [2.05, 4.69) is 22.3 Å². The Labute approximate surface area is 123 Å². The van der Waals surface area contributed by atoms with E-state index in [1.54, 1.807) is 12.1 Å². The average Bonchev–Trinajstić information content (AvgIpc) is 3.23. The van der Waals surface area contributed by atoms with Crippen molar-refractivity contribution in [3.8, 4) is 0 Å². The van der Waals surface area contributed by atoms with Crippen LogP contribution in [0.25, 0.3) is 0 Å². The minimum atomic E-state index is -0.220. The van der Waals surface area contributed by atoms with Crippen LogP contribution in [0.1, 0.15) is 31.2 Å². The Morgan fingerprint density at radius 1 is 1.33 bits per heavy atom. The molecule has 5 heteroatoms. The Kier molecular flexibility index (Phi) is 4.20. The molecule has 21 heavy (non-hydrogen) atoms. The van der Waals surface area contributed by atoms with Crippen molar-refractivity contribution in [2.75, 3.05) is 11.4 Å². The molecule has 1 aliphatic rings. The molecule has 0 spiro atoms. The van der Waals surface area contributed by atoms with Gasteiger partial charge in [-0.1, -0.05) is 5.16 Å². The molecule has 3 rings (SSSR count). The lowest BCUT2D eigenvalue weighted by Crippen LogP contribution is -2.21. The van der Waals surface area contributed by atoms with Crippen LogP contribution < -0.4 is 10.2 Å². The molecule has 1 N–H and O–H groups in total. The lowest BCUT2D eigenvalue weighted by molar-refractivity contribution is 0.373. The molecule has 0 atom stereocenters. The van der Waals surface area contributed by atoms with Gasteiger partial charge in [0.1, 0.15) is 5.82 Å². The average molecular weight is 289 g/mol. The van der Waals surface area contributed by atoms with Gasteiger partial charge in [0, 0.05) is 30.9 Å². The summed E-state index contributed by atoms with van der Waals surface area (Å²) in [6.45, 7) is 4.28. The van der Waals surface area contributed by atoms with E-state index >= 15 is 0 Å². The number of benzene rings is 1. The van der Waals surface area contributed by atoms with Crippen molar-refractivity contribution >= 4 is 5.69 Å². The Bertz CT molecular complexity index is 577. The van der Waals surface area contributed by atoms with Crippen LogP contribution in [0.5, 0.6) is 0 Å². The van der Waals surface area contributed by atoms with Gasteiger partial charge in [0.25, 0.3) is 0 Å². The summed E-state index contributed by atoms with van der Waals surface area (Å²) in [7, 11) is 0. The van der Waals surface area contributed by atoms with Crippen molar-refractivity contribution in [2.45, 2.75) is 38.9 Å². The molecule has 2 aromatic rings. The predicted molar refractivity (Wildman–Crippen MR) is 79.5 cm³/mol. The second-order valence-corrected chi connectivity index (χ2v) is 5.43. The SMILES string of the molecule is CCN(Cc1cc(CNC2CC2)no1)c1ccc(F)cc1. The van der Waals surface area contributed by atoms with Crippen molar-refractivity contribution in [1.29, 1.82) is 0 Å². The van der Waals surface area contributed by atoms with Gasteiger partial charge in [-0.3, -0.25) is 0 Å². The number of halogens is 1. The Morgan fingerprint density at radius 2 is 2.10 bits per heavy atom. The normalized spacial score (nSPS) is 14.4. The van der Waals surface area contributed by atoms with Gasteiger partial charge in [-0.2, -0.15) is 0 Å². The highest BCUT2D eigenvalue weighted by Gasteiger charge is 2.20. The van der Waals surface area contributed by atoms with E-state index in [0.717, 1.165) is 30.2 Å². The highest BCUT2D eigenvalue weighted by Crippen LogP contribution is 2.20. The molecule has 0 unspecified atom stereocenters. The standard InChI is InChI=1S/C16H20FN3O/c1-2-20(15-7-3-12(17)4-8-15)11-16-9-14(19-21-16)10-18-13-5-6-13/h3-4,7-9,13,18H,2,5-6,10-11H2,1H3. The van der Waals surface area contributed by atoms with Crippen LogP contribution in [0.3, 0.4) is 0 Å². The molecule has 1 saturated carbocycles. The zero-order chi connectivity index (χ0) is 14.7. The third-order valence-corrected chi connectivity index (χ3v) is 3.68. The maximum absolute atomic E-state index is 13.0. The number of nitrogens with zero attached hydrogens (tertiary/aromatic N) is 2. The van der Waals surface area contributed by atoms with Crippen LogP contribution in [-0.2, 0) is 13.1 Å². The van der Waals surface area contributed by atoms with E-state index in [1.165, 1.54) is 25.0 Å². The topological polar surface area (TPSA) is 41.3 Å². The molecule has 1 heterocycles. The van der Waals surface area contributed by atoms with Crippen LogP contribution in [0, 0.1) is 5.82 Å². The molecule has 0 saturated heterocycles. The maximum Gasteiger partial charge on any atom is 0.156 e. The molecule has 1 aromatic heterocycles. The summed E-state index contributed by atoms with van der Waals surface area (Å²) < 4.78 is 18.4. The fourth-order valence-electron chi connectivity index (χ4n) is 2.28. The predicted octanol–water partition coefficient (Wildman–Crippen LogP) is 3.09. The number of anilines is 1. The summed E-state index contributed by atoms with van der Waals surface area (Å²) in [5, 5.41) is 7.50. The van der Waals surface area contributed by atoms with Gasteiger partial charge in [-0.05, 0) is 44.0 Å². The number of aromatic nitrogens is 1. The van der Waals surface area contributed by atoms with Gasteiger partial charge in [0.2, 0.25) is 0 Å². The van der Waals surface area contributed by atoms with Gasteiger partial charge in [-0.15, -0.1) is 0 Å². The third kappa shape index (κ3) is 3.82. The first-order valence-electron chi connectivity index (χ1n) is 7.43. The van der Waals surface area contributed by atoms with Gasteiger partial charge < -0.3 is 14.7 Å². The molecule has 0 amide bonds. The first kappa shape index (κ1) is 14.1. The molecule has 112 valence electrons. The lowest BCUT2D eigenvalue weighted by atomic mass is 10.2. The summed E-state index contributed by atoms with van der Waals surface area (Å²) in [5.41, 5.74) is 1.92. The van der Waals surface area contributed by atoms with Crippen molar-refractivity contribution < 1.29 is 8.91 Å². The van der Waals surface area contributed by atoms with Gasteiger partial charge >= 0.3 is 0 Å². The van der Waals surface area contributed by atoms with Crippen molar-refractivity contribution in [1.82, 2.24) is 10.5 Å². The largest absolute Gasteiger partial charge is 0.364 e. The Morgan fingerprint density at radius 3 is 2.76 bits per heavy atom. The van der Waals surface area contributed by atoms with Crippen LogP contribution in [0.4, 0.5) is 10.1 Å². The number of hydrogen-bond acceptors (Lipinski definition) is 4. The zero-order valence-corrected chi connectivity index (χ0v) is 12.2. The molecule has 1 aliphatic carbocycles. The zero-order valence-electron chi connectivity index (χ0n) is 12.2. The summed E-state index contributed by atoms with van der Waals surface area (Å²) in [4.78, 5) is 2.12. The lowest BCUT2D eigenvalue weighted by Gasteiger charge is -2.21. The second-order valence-electron chi connectivity index (χ2n) is 5.43. The minimum absolute atomic E-state index is 0.220. The van der Waals surface area contributed by atoms with Crippen LogP contribution in [-0.4, -0.2) is 17.7 Å². The molecule has 1 fully saturated rings. The fraction of sp³-hybridized carbons (Fsp3) is 0.438. The second kappa shape index (κ2) is 6.26. The summed E-state index contributed by atoms with van der Waals surface area (Å²) in [6.07, 6.45) is 2.53. The molecular formula is C16H20FN3O. The maximum atomic E-state index is 13.0. The van der Waals surface area contributed by atoms with Crippen LogP contribution in [0.2, 0.25) is 0 Å². The van der Waals surface area contributed by atoms with E-state index in [1.807, 2.05) is 6.07 Å². The van der Waals surface area contributed by atoms with Crippen molar-refractivity contribution in [3.63, 3.8) is 0 Å². The highest BCUT2D eigenvalue weighted by atomic mass is 19.1. The smallest absolute Gasteiger partial charge is 0.156 e. The molecule has 0 aliphatic heterocycles. The van der Waals surface area contributed by atoms with Crippen LogP contribution >= 0.6 is 0 Å². The Hall–Kier alpha value is -1.88.